The Balaban J connectivity index is 1.68. The maximum Gasteiger partial charge on any atom is 0.324 e. The van der Waals surface area contributed by atoms with Gasteiger partial charge in [-0.15, -0.1) is 0 Å². The average Bonchev–Trinajstić information content (AvgIpc) is 3.12. The lowest BCUT2D eigenvalue weighted by molar-refractivity contribution is 0.278. The van der Waals surface area contributed by atoms with E-state index in [4.69, 9.17) is 9.26 Å². The summed E-state index contributed by atoms with van der Waals surface area (Å²) < 4.78 is 36.0. The van der Waals surface area contributed by atoms with Crippen LogP contribution in [0.5, 0.6) is 5.75 Å². The van der Waals surface area contributed by atoms with Gasteiger partial charge in [0.2, 0.25) is 15.8 Å². The zero-order valence-electron chi connectivity index (χ0n) is 15.3. The number of sulfonamides is 1. The van der Waals surface area contributed by atoms with Crippen LogP contribution < -0.4 is 9.64 Å². The third-order valence-electron chi connectivity index (χ3n) is 4.62. The van der Waals surface area contributed by atoms with E-state index in [1.54, 1.807) is 11.4 Å². The first-order chi connectivity index (χ1) is 12.4. The van der Waals surface area contributed by atoms with Crippen molar-refractivity contribution >= 4 is 16.0 Å². The van der Waals surface area contributed by atoms with Crippen LogP contribution >= 0.6 is 0 Å². The molecule has 0 amide bonds. The van der Waals surface area contributed by atoms with Gasteiger partial charge in [0.1, 0.15) is 5.75 Å². The first kappa shape index (κ1) is 18.7. The number of rotatable bonds is 6. The molecule has 1 aromatic heterocycles. The second-order valence-corrected chi connectivity index (χ2v) is 8.25. The fraction of sp³-hybridized carbons (Fsp3) is 0.529. The summed E-state index contributed by atoms with van der Waals surface area (Å²) >= 11 is 0. The van der Waals surface area contributed by atoms with Gasteiger partial charge in [-0.25, -0.2) is 8.42 Å². The van der Waals surface area contributed by atoms with Crippen molar-refractivity contribution in [1.29, 1.82) is 0 Å². The fourth-order valence-electron chi connectivity index (χ4n) is 3.33. The number of piperidine rings is 1. The number of hydrogen-bond donors (Lipinski definition) is 0. The molecule has 1 aliphatic rings. The lowest BCUT2D eigenvalue weighted by Gasteiger charge is -2.35. The van der Waals surface area contributed by atoms with E-state index >= 15 is 0 Å². The third kappa shape index (κ3) is 3.99. The number of hydrogen-bond acceptors (Lipinski definition) is 7. The Morgan fingerprint density at radius 2 is 2.08 bits per heavy atom. The molecule has 0 saturated carbocycles. The minimum atomic E-state index is -3.18. The molecule has 0 radical (unpaired) electrons. The van der Waals surface area contributed by atoms with Crippen molar-refractivity contribution < 1.29 is 17.7 Å². The third-order valence-corrected chi connectivity index (χ3v) is 6.03. The summed E-state index contributed by atoms with van der Waals surface area (Å²) in [6.07, 6.45) is 2.73. The largest absolute Gasteiger partial charge is 0.497 e. The molecule has 3 rings (SSSR count). The maximum atomic E-state index is 11.9. The van der Waals surface area contributed by atoms with Gasteiger partial charge >= 0.3 is 6.01 Å². The van der Waals surface area contributed by atoms with Crippen molar-refractivity contribution in [1.82, 2.24) is 14.4 Å². The average molecular weight is 380 g/mol. The van der Waals surface area contributed by atoms with Crippen molar-refractivity contribution in [3.63, 3.8) is 0 Å². The van der Waals surface area contributed by atoms with Crippen molar-refractivity contribution in [2.75, 3.05) is 37.9 Å². The Morgan fingerprint density at radius 3 is 2.69 bits per heavy atom. The minimum Gasteiger partial charge on any atom is -0.497 e. The molecule has 2 heterocycles. The van der Waals surface area contributed by atoms with Gasteiger partial charge in [-0.05, 0) is 25.0 Å². The van der Waals surface area contributed by atoms with Gasteiger partial charge in [0.15, 0.2) is 0 Å². The number of aromatic nitrogens is 2. The van der Waals surface area contributed by atoms with Crippen LogP contribution in [0.4, 0.5) is 6.01 Å². The Hall–Kier alpha value is -2.13. The van der Waals surface area contributed by atoms with Gasteiger partial charge in [0.25, 0.3) is 0 Å². The molecule has 0 spiro atoms. The van der Waals surface area contributed by atoms with Gasteiger partial charge in [0, 0.05) is 31.2 Å². The zero-order chi connectivity index (χ0) is 18.7. The van der Waals surface area contributed by atoms with Crippen LogP contribution in [0.25, 0.3) is 11.4 Å². The lowest BCUT2D eigenvalue weighted by Crippen LogP contribution is -2.47. The molecule has 142 valence electrons. The van der Waals surface area contributed by atoms with E-state index in [1.807, 2.05) is 36.1 Å². The number of nitrogens with zero attached hydrogens (tertiary/aromatic N) is 4. The van der Waals surface area contributed by atoms with E-state index in [-0.39, 0.29) is 6.04 Å². The molecule has 0 unspecified atom stereocenters. The second-order valence-electron chi connectivity index (χ2n) is 6.32. The van der Waals surface area contributed by atoms with E-state index in [9.17, 15) is 8.42 Å². The van der Waals surface area contributed by atoms with Gasteiger partial charge < -0.3 is 14.2 Å². The summed E-state index contributed by atoms with van der Waals surface area (Å²) in [5.74, 6) is 1.24. The predicted molar refractivity (Wildman–Crippen MR) is 98.7 cm³/mol. The smallest absolute Gasteiger partial charge is 0.324 e. The molecule has 1 aromatic carbocycles. The fourth-order valence-corrected chi connectivity index (χ4v) is 4.55. The summed E-state index contributed by atoms with van der Waals surface area (Å²) in [7, 11) is -1.57. The summed E-state index contributed by atoms with van der Waals surface area (Å²) in [5.41, 5.74) is 0.823. The topological polar surface area (TPSA) is 88.8 Å². The minimum absolute atomic E-state index is 0.0204. The maximum absolute atomic E-state index is 11.9. The van der Waals surface area contributed by atoms with E-state index in [1.165, 1.54) is 6.26 Å². The van der Waals surface area contributed by atoms with Crippen molar-refractivity contribution in [3.05, 3.63) is 24.3 Å². The Kier molecular flexibility index (Phi) is 5.47. The number of benzene rings is 1. The summed E-state index contributed by atoms with van der Waals surface area (Å²) in [6, 6.07) is 7.97. The Labute approximate surface area is 153 Å². The Bertz CT molecular complexity index is 844. The van der Waals surface area contributed by atoms with Crippen LogP contribution in [-0.4, -0.2) is 61.9 Å². The first-order valence-corrected chi connectivity index (χ1v) is 10.5. The highest BCUT2D eigenvalue weighted by Gasteiger charge is 2.30. The molecule has 0 aliphatic carbocycles. The highest BCUT2D eigenvalue weighted by molar-refractivity contribution is 7.88. The standard InChI is InChI=1S/C17H24N4O4S/c1-4-21(26(3,22)23)14-8-10-20(11-9-14)17-18-16(19-25-17)13-6-5-7-15(12-13)24-2/h5-7,12,14H,4,8-11H2,1-3H3. The predicted octanol–water partition coefficient (Wildman–Crippen LogP) is 2.00. The number of anilines is 1. The van der Waals surface area contributed by atoms with Crippen LogP contribution in [0.3, 0.4) is 0 Å². The zero-order valence-corrected chi connectivity index (χ0v) is 16.1. The molecule has 1 saturated heterocycles. The monoisotopic (exact) mass is 380 g/mol. The van der Waals surface area contributed by atoms with Gasteiger partial charge in [0.05, 0.1) is 13.4 Å². The first-order valence-electron chi connectivity index (χ1n) is 8.62. The van der Waals surface area contributed by atoms with E-state index in [0.29, 0.717) is 31.5 Å². The molecular weight excluding hydrogens is 356 g/mol. The molecule has 26 heavy (non-hydrogen) atoms. The number of ether oxygens (including phenoxy) is 1. The van der Waals surface area contributed by atoms with Gasteiger partial charge in [-0.1, -0.05) is 24.2 Å². The van der Waals surface area contributed by atoms with Crippen LogP contribution in [0, 0.1) is 0 Å². The van der Waals surface area contributed by atoms with E-state index in [0.717, 1.165) is 24.2 Å². The molecule has 0 bridgehead atoms. The summed E-state index contributed by atoms with van der Waals surface area (Å²) in [5, 5.41) is 4.06. The number of methoxy groups -OCH3 is 1. The Morgan fingerprint density at radius 1 is 1.35 bits per heavy atom. The molecule has 2 aromatic rings. The molecular formula is C17H24N4O4S. The van der Waals surface area contributed by atoms with Crippen LogP contribution in [0.1, 0.15) is 19.8 Å². The van der Waals surface area contributed by atoms with Crippen molar-refractivity contribution in [2.24, 2.45) is 0 Å². The SMILES string of the molecule is CCN(C1CCN(c2nc(-c3cccc(OC)c3)no2)CC1)S(C)(=O)=O. The summed E-state index contributed by atoms with van der Waals surface area (Å²) in [4.78, 5) is 6.48. The van der Waals surface area contributed by atoms with Crippen LogP contribution in [0.2, 0.25) is 0 Å². The molecule has 8 nitrogen and oxygen atoms in total. The molecule has 9 heteroatoms. The van der Waals surface area contributed by atoms with E-state index in [2.05, 4.69) is 10.1 Å². The van der Waals surface area contributed by atoms with E-state index < -0.39 is 10.0 Å². The van der Waals surface area contributed by atoms with Gasteiger partial charge in [-0.3, -0.25) is 0 Å². The van der Waals surface area contributed by atoms with Crippen LogP contribution in [-0.2, 0) is 10.0 Å². The molecule has 1 fully saturated rings. The quantitative estimate of drug-likeness (QED) is 0.757. The molecule has 1 aliphatic heterocycles. The van der Waals surface area contributed by atoms with Crippen molar-refractivity contribution in [3.8, 4) is 17.1 Å². The second kappa shape index (κ2) is 7.63. The molecule has 0 N–H and O–H groups in total. The van der Waals surface area contributed by atoms with Crippen LogP contribution in [0.15, 0.2) is 28.8 Å². The highest BCUT2D eigenvalue weighted by Crippen LogP contribution is 2.26. The summed E-state index contributed by atoms with van der Waals surface area (Å²) in [6.45, 7) is 3.71. The van der Waals surface area contributed by atoms with Gasteiger partial charge in [-0.2, -0.15) is 9.29 Å². The molecule has 0 atom stereocenters. The highest BCUT2D eigenvalue weighted by atomic mass is 32.2. The van der Waals surface area contributed by atoms with Crippen molar-refractivity contribution in [2.45, 2.75) is 25.8 Å². The lowest BCUT2D eigenvalue weighted by atomic mass is 10.1. The normalized spacial score (nSPS) is 16.2.